The van der Waals surface area contributed by atoms with Crippen LogP contribution in [0, 0.1) is 24.0 Å². The van der Waals surface area contributed by atoms with Gasteiger partial charge >= 0.3 is 5.97 Å². The molecular formula is C15H17F2NO3. The number of hydrogen-bond donors (Lipinski definition) is 2. The van der Waals surface area contributed by atoms with Crippen LogP contribution in [0.25, 0.3) is 0 Å². The molecule has 1 fully saturated rings. The molecule has 114 valence electrons. The number of carboxylic acids is 1. The third-order valence-electron chi connectivity index (χ3n) is 4.11. The number of carboxylic acid groups (broad SMARTS) is 1. The third-order valence-corrected chi connectivity index (χ3v) is 4.11. The summed E-state index contributed by atoms with van der Waals surface area (Å²) in [4.78, 5) is 23.3. The number of nitrogens with one attached hydrogen (secondary N) is 1. The minimum atomic E-state index is -1.02. The number of benzene rings is 1. The molecule has 1 aliphatic carbocycles. The second-order valence-corrected chi connectivity index (χ2v) is 5.53. The molecule has 0 aliphatic heterocycles. The lowest BCUT2D eigenvalue weighted by Gasteiger charge is -2.24. The summed E-state index contributed by atoms with van der Waals surface area (Å²) >= 11 is 0. The van der Waals surface area contributed by atoms with Crippen molar-refractivity contribution in [2.45, 2.75) is 32.6 Å². The number of amides is 1. The summed E-state index contributed by atoms with van der Waals surface area (Å²) in [6.07, 6.45) is 2.47. The molecule has 0 aromatic heterocycles. The Kier molecular flexibility index (Phi) is 4.25. The Morgan fingerprint density at radius 1 is 1.29 bits per heavy atom. The quantitative estimate of drug-likeness (QED) is 0.898. The Morgan fingerprint density at radius 2 is 1.90 bits per heavy atom. The van der Waals surface area contributed by atoms with Gasteiger partial charge in [0.1, 0.15) is 17.2 Å². The maximum Gasteiger partial charge on any atom is 0.311 e. The largest absolute Gasteiger partial charge is 0.481 e. The van der Waals surface area contributed by atoms with Gasteiger partial charge in [-0.1, -0.05) is 18.9 Å². The lowest BCUT2D eigenvalue weighted by Crippen LogP contribution is -2.41. The van der Waals surface area contributed by atoms with Crippen LogP contribution < -0.4 is 5.32 Å². The Labute approximate surface area is 121 Å². The van der Waals surface area contributed by atoms with Crippen molar-refractivity contribution in [3.8, 4) is 0 Å². The van der Waals surface area contributed by atoms with Crippen LogP contribution in [0.5, 0.6) is 0 Å². The zero-order valence-electron chi connectivity index (χ0n) is 11.7. The standard InChI is InChI=1S/C15H17F2NO3/c1-9-4-5-10(16)11(12(9)17)13(19)18-8-15(14(20)21)6-2-3-7-15/h4-5H,2-3,6-8H2,1H3,(H,18,19)(H,20,21). The SMILES string of the molecule is Cc1ccc(F)c(C(=O)NCC2(C(=O)O)CCCC2)c1F. The van der Waals surface area contributed by atoms with E-state index >= 15 is 0 Å². The predicted molar refractivity (Wildman–Crippen MR) is 72.0 cm³/mol. The summed E-state index contributed by atoms with van der Waals surface area (Å²) in [5.41, 5.74) is -1.52. The first-order valence-corrected chi connectivity index (χ1v) is 6.83. The molecule has 1 amide bonds. The van der Waals surface area contributed by atoms with E-state index in [0.29, 0.717) is 12.8 Å². The molecule has 1 aliphatic rings. The van der Waals surface area contributed by atoms with Gasteiger partial charge in [0.25, 0.3) is 5.91 Å². The molecule has 0 heterocycles. The molecule has 0 spiro atoms. The van der Waals surface area contributed by atoms with E-state index in [4.69, 9.17) is 0 Å². The minimum absolute atomic E-state index is 0.117. The zero-order valence-corrected chi connectivity index (χ0v) is 11.7. The van der Waals surface area contributed by atoms with E-state index in [1.165, 1.54) is 13.0 Å². The van der Waals surface area contributed by atoms with Crippen LogP contribution in [0.3, 0.4) is 0 Å². The van der Waals surface area contributed by atoms with E-state index in [0.717, 1.165) is 18.9 Å². The second-order valence-electron chi connectivity index (χ2n) is 5.53. The number of rotatable bonds is 4. The van der Waals surface area contributed by atoms with E-state index in [1.807, 2.05) is 0 Å². The molecule has 1 aromatic rings. The summed E-state index contributed by atoms with van der Waals surface area (Å²) < 4.78 is 27.5. The van der Waals surface area contributed by atoms with Gasteiger partial charge in [0.15, 0.2) is 0 Å². The molecule has 2 rings (SSSR count). The van der Waals surface area contributed by atoms with Crippen molar-refractivity contribution < 1.29 is 23.5 Å². The molecule has 1 saturated carbocycles. The molecule has 2 N–H and O–H groups in total. The van der Waals surface area contributed by atoms with Crippen LogP contribution >= 0.6 is 0 Å². The Balaban J connectivity index is 2.16. The fourth-order valence-corrected chi connectivity index (χ4v) is 2.72. The van der Waals surface area contributed by atoms with Gasteiger partial charge in [0.05, 0.1) is 5.41 Å². The van der Waals surface area contributed by atoms with Crippen molar-refractivity contribution >= 4 is 11.9 Å². The average Bonchev–Trinajstić information content (AvgIpc) is 2.91. The van der Waals surface area contributed by atoms with Crippen molar-refractivity contribution in [1.82, 2.24) is 5.32 Å². The number of hydrogen-bond acceptors (Lipinski definition) is 2. The third kappa shape index (κ3) is 2.89. The van der Waals surface area contributed by atoms with Crippen molar-refractivity contribution in [3.05, 3.63) is 34.9 Å². The van der Waals surface area contributed by atoms with Gasteiger partial charge in [-0.15, -0.1) is 0 Å². The highest BCUT2D eigenvalue weighted by atomic mass is 19.1. The van der Waals surface area contributed by atoms with E-state index in [9.17, 15) is 23.5 Å². The monoisotopic (exact) mass is 297 g/mol. The highest BCUT2D eigenvalue weighted by Crippen LogP contribution is 2.37. The summed E-state index contributed by atoms with van der Waals surface area (Å²) in [5.74, 6) is -3.76. The number of carbonyl (C=O) groups excluding carboxylic acids is 1. The van der Waals surface area contributed by atoms with Crippen LogP contribution in [-0.4, -0.2) is 23.5 Å². The maximum atomic E-state index is 13.9. The molecule has 1 aromatic carbocycles. The fraction of sp³-hybridized carbons (Fsp3) is 0.467. The van der Waals surface area contributed by atoms with Crippen LogP contribution in [0.4, 0.5) is 8.78 Å². The minimum Gasteiger partial charge on any atom is -0.481 e. The first-order chi connectivity index (χ1) is 9.87. The lowest BCUT2D eigenvalue weighted by atomic mass is 9.86. The van der Waals surface area contributed by atoms with Crippen molar-refractivity contribution in [1.29, 1.82) is 0 Å². The normalized spacial score (nSPS) is 16.7. The Morgan fingerprint density at radius 3 is 2.48 bits per heavy atom. The van der Waals surface area contributed by atoms with Crippen molar-refractivity contribution in [3.63, 3.8) is 0 Å². The molecule has 0 atom stereocenters. The van der Waals surface area contributed by atoms with E-state index in [2.05, 4.69) is 5.32 Å². The molecule has 4 nitrogen and oxygen atoms in total. The highest BCUT2D eigenvalue weighted by Gasteiger charge is 2.41. The van der Waals surface area contributed by atoms with Crippen LogP contribution in [0.15, 0.2) is 12.1 Å². The average molecular weight is 297 g/mol. The smallest absolute Gasteiger partial charge is 0.311 e. The molecule has 0 saturated heterocycles. The molecule has 6 heteroatoms. The topological polar surface area (TPSA) is 66.4 Å². The fourth-order valence-electron chi connectivity index (χ4n) is 2.72. The van der Waals surface area contributed by atoms with Crippen LogP contribution in [-0.2, 0) is 4.79 Å². The van der Waals surface area contributed by atoms with Gasteiger partial charge in [0.2, 0.25) is 0 Å². The van der Waals surface area contributed by atoms with Gasteiger partial charge in [-0.25, -0.2) is 8.78 Å². The predicted octanol–water partition coefficient (Wildman–Crippen LogP) is 2.65. The molecule has 0 unspecified atom stereocenters. The Bertz CT molecular complexity index is 581. The lowest BCUT2D eigenvalue weighted by molar-refractivity contribution is -0.148. The number of aryl methyl sites for hydroxylation is 1. The molecular weight excluding hydrogens is 280 g/mol. The zero-order chi connectivity index (χ0) is 15.6. The first kappa shape index (κ1) is 15.4. The summed E-state index contributed by atoms with van der Waals surface area (Å²) in [6, 6.07) is 2.27. The van der Waals surface area contributed by atoms with E-state index in [1.54, 1.807) is 0 Å². The van der Waals surface area contributed by atoms with Gasteiger partial charge in [-0.05, 0) is 31.4 Å². The summed E-state index contributed by atoms with van der Waals surface area (Å²) in [5, 5.41) is 11.7. The summed E-state index contributed by atoms with van der Waals surface area (Å²) in [6.45, 7) is 1.31. The number of aliphatic carboxylic acids is 1. The summed E-state index contributed by atoms with van der Waals surface area (Å²) in [7, 11) is 0. The highest BCUT2D eigenvalue weighted by molar-refractivity contribution is 5.95. The van der Waals surface area contributed by atoms with Gasteiger partial charge in [-0.2, -0.15) is 0 Å². The van der Waals surface area contributed by atoms with E-state index in [-0.39, 0.29) is 12.1 Å². The van der Waals surface area contributed by atoms with Gasteiger partial charge in [0, 0.05) is 6.54 Å². The number of carbonyl (C=O) groups is 2. The Hall–Kier alpha value is -1.98. The molecule has 21 heavy (non-hydrogen) atoms. The van der Waals surface area contributed by atoms with Crippen LogP contribution in [0.1, 0.15) is 41.6 Å². The van der Waals surface area contributed by atoms with Crippen molar-refractivity contribution in [2.75, 3.05) is 6.54 Å². The van der Waals surface area contributed by atoms with Gasteiger partial charge in [-0.3, -0.25) is 9.59 Å². The van der Waals surface area contributed by atoms with Gasteiger partial charge < -0.3 is 10.4 Å². The van der Waals surface area contributed by atoms with Crippen molar-refractivity contribution in [2.24, 2.45) is 5.41 Å². The molecule has 0 radical (unpaired) electrons. The second kappa shape index (κ2) is 5.79. The first-order valence-electron chi connectivity index (χ1n) is 6.83. The molecule has 0 bridgehead atoms. The maximum absolute atomic E-state index is 13.9. The number of halogens is 2. The van der Waals surface area contributed by atoms with E-state index < -0.39 is 34.5 Å². The van der Waals surface area contributed by atoms with Crippen LogP contribution in [0.2, 0.25) is 0 Å².